The molecule has 0 saturated heterocycles. The Kier molecular flexibility index (Phi) is 1.93. The maximum absolute atomic E-state index is 9.97. The van der Waals surface area contributed by atoms with Gasteiger partial charge in [-0.3, -0.25) is 4.98 Å². The fourth-order valence-electron chi connectivity index (χ4n) is 2.32. The average Bonchev–Trinajstić information content (AvgIpc) is 2.28. The van der Waals surface area contributed by atoms with Crippen LogP contribution in [0.3, 0.4) is 0 Å². The normalized spacial score (nSPS) is 15.6. The van der Waals surface area contributed by atoms with Crippen molar-refractivity contribution in [3.63, 3.8) is 0 Å². The van der Waals surface area contributed by atoms with Gasteiger partial charge in [0.1, 0.15) is 17.1 Å². The zero-order valence-corrected chi connectivity index (χ0v) is 9.77. The van der Waals surface area contributed by atoms with E-state index in [4.69, 9.17) is 4.74 Å². The number of pyridine rings is 1. The van der Waals surface area contributed by atoms with Gasteiger partial charge in [0.05, 0.1) is 5.56 Å². The van der Waals surface area contributed by atoms with Crippen LogP contribution in [0.4, 0.5) is 0 Å². The van der Waals surface area contributed by atoms with Crippen LogP contribution in [0.15, 0.2) is 36.7 Å². The van der Waals surface area contributed by atoms with E-state index in [1.165, 1.54) is 0 Å². The summed E-state index contributed by atoms with van der Waals surface area (Å²) in [6.45, 7) is 4.03. The summed E-state index contributed by atoms with van der Waals surface area (Å²) in [5, 5.41) is 9.97. The molecule has 2 aromatic rings. The van der Waals surface area contributed by atoms with Crippen LogP contribution in [-0.4, -0.2) is 10.1 Å². The molecule has 0 bridgehead atoms. The van der Waals surface area contributed by atoms with E-state index in [0.717, 1.165) is 16.7 Å². The number of hydrogen-bond acceptors (Lipinski definition) is 3. The van der Waals surface area contributed by atoms with Crippen LogP contribution >= 0.6 is 0 Å². The second-order valence-corrected chi connectivity index (χ2v) is 4.68. The monoisotopic (exact) mass is 227 g/mol. The Morgan fingerprint density at radius 2 is 2.06 bits per heavy atom. The highest BCUT2D eigenvalue weighted by Crippen LogP contribution is 2.48. The minimum absolute atomic E-state index is 0.229. The molecule has 0 fully saturated rings. The lowest BCUT2D eigenvalue weighted by Gasteiger charge is -2.34. The van der Waals surface area contributed by atoms with Crippen molar-refractivity contribution in [2.45, 2.75) is 19.4 Å². The van der Waals surface area contributed by atoms with E-state index in [1.807, 2.05) is 26.0 Å². The van der Waals surface area contributed by atoms with Gasteiger partial charge in [-0.15, -0.1) is 0 Å². The number of phenolic OH excluding ortho intramolecular Hbond substituents is 1. The molecule has 0 aliphatic carbocycles. The van der Waals surface area contributed by atoms with E-state index in [1.54, 1.807) is 24.5 Å². The summed E-state index contributed by atoms with van der Waals surface area (Å²) in [7, 11) is 0. The van der Waals surface area contributed by atoms with Crippen molar-refractivity contribution >= 4 is 0 Å². The molecule has 0 unspecified atom stereocenters. The maximum Gasteiger partial charge on any atom is 0.132 e. The zero-order valence-electron chi connectivity index (χ0n) is 9.77. The predicted molar refractivity (Wildman–Crippen MR) is 65.0 cm³/mol. The lowest BCUT2D eigenvalue weighted by Crippen LogP contribution is -2.29. The molecule has 3 nitrogen and oxygen atoms in total. The molecule has 2 heterocycles. The Hall–Kier alpha value is -2.03. The van der Waals surface area contributed by atoms with E-state index in [2.05, 4.69) is 4.98 Å². The molecule has 0 saturated carbocycles. The molecule has 0 amide bonds. The van der Waals surface area contributed by atoms with E-state index < -0.39 is 5.60 Å². The van der Waals surface area contributed by atoms with Gasteiger partial charge >= 0.3 is 0 Å². The fraction of sp³-hybridized carbons (Fsp3) is 0.214. The summed E-state index contributed by atoms with van der Waals surface area (Å²) >= 11 is 0. The third-order valence-corrected chi connectivity index (χ3v) is 3.11. The van der Waals surface area contributed by atoms with Gasteiger partial charge in [-0.1, -0.05) is 6.07 Å². The van der Waals surface area contributed by atoms with Crippen molar-refractivity contribution in [3.05, 3.63) is 42.2 Å². The SMILES string of the molecule is CC1(C)Oc2cccc(O)c2-c2cnccc21. The van der Waals surface area contributed by atoms with Crippen LogP contribution in [0.1, 0.15) is 19.4 Å². The smallest absolute Gasteiger partial charge is 0.132 e. The van der Waals surface area contributed by atoms with E-state index in [0.29, 0.717) is 5.75 Å². The fourth-order valence-corrected chi connectivity index (χ4v) is 2.32. The number of phenols is 1. The first kappa shape index (κ1) is 10.1. The Labute approximate surface area is 99.7 Å². The lowest BCUT2D eigenvalue weighted by atomic mass is 9.87. The molecule has 1 aromatic heterocycles. The topological polar surface area (TPSA) is 42.4 Å². The van der Waals surface area contributed by atoms with Crippen LogP contribution in [0.2, 0.25) is 0 Å². The van der Waals surface area contributed by atoms with Crippen LogP contribution < -0.4 is 4.74 Å². The number of aromatic hydroxyl groups is 1. The summed E-state index contributed by atoms with van der Waals surface area (Å²) < 4.78 is 5.94. The van der Waals surface area contributed by atoms with E-state index >= 15 is 0 Å². The molecular formula is C14H13NO2. The Morgan fingerprint density at radius 3 is 2.88 bits per heavy atom. The van der Waals surface area contributed by atoms with Crippen LogP contribution in [-0.2, 0) is 5.60 Å². The summed E-state index contributed by atoms with van der Waals surface area (Å²) in [4.78, 5) is 4.14. The molecule has 0 spiro atoms. The highest BCUT2D eigenvalue weighted by molar-refractivity contribution is 5.80. The number of benzene rings is 1. The van der Waals surface area contributed by atoms with Crippen LogP contribution in [0.25, 0.3) is 11.1 Å². The molecule has 3 rings (SSSR count). The zero-order chi connectivity index (χ0) is 12.0. The van der Waals surface area contributed by atoms with Crippen molar-refractivity contribution in [1.82, 2.24) is 4.98 Å². The number of fused-ring (bicyclic) bond motifs is 3. The van der Waals surface area contributed by atoms with E-state index in [-0.39, 0.29) is 5.75 Å². The second kappa shape index (κ2) is 3.23. The number of hydrogen-bond donors (Lipinski definition) is 1. The Morgan fingerprint density at radius 1 is 1.24 bits per heavy atom. The molecular weight excluding hydrogens is 214 g/mol. The molecule has 17 heavy (non-hydrogen) atoms. The molecule has 0 atom stereocenters. The van der Waals surface area contributed by atoms with Crippen molar-refractivity contribution < 1.29 is 9.84 Å². The first-order valence-corrected chi connectivity index (χ1v) is 5.55. The average molecular weight is 227 g/mol. The van der Waals surface area contributed by atoms with Crippen LogP contribution in [0.5, 0.6) is 11.5 Å². The highest BCUT2D eigenvalue weighted by Gasteiger charge is 2.33. The summed E-state index contributed by atoms with van der Waals surface area (Å²) in [5.41, 5.74) is 2.31. The van der Waals surface area contributed by atoms with Gasteiger partial charge in [0.25, 0.3) is 0 Å². The van der Waals surface area contributed by atoms with Crippen molar-refractivity contribution in [1.29, 1.82) is 0 Å². The van der Waals surface area contributed by atoms with Gasteiger partial charge in [-0.2, -0.15) is 0 Å². The standard InChI is InChI=1S/C14H13NO2/c1-14(2)10-6-7-15-8-9(10)13-11(16)4-3-5-12(13)17-14/h3-8,16H,1-2H3. The lowest BCUT2D eigenvalue weighted by molar-refractivity contribution is 0.105. The first-order chi connectivity index (χ1) is 8.09. The highest BCUT2D eigenvalue weighted by atomic mass is 16.5. The van der Waals surface area contributed by atoms with Gasteiger partial charge in [-0.05, 0) is 32.0 Å². The third kappa shape index (κ3) is 1.39. The van der Waals surface area contributed by atoms with Gasteiger partial charge in [0.15, 0.2) is 0 Å². The largest absolute Gasteiger partial charge is 0.507 e. The predicted octanol–water partition coefficient (Wildman–Crippen LogP) is 3.08. The van der Waals surface area contributed by atoms with Gasteiger partial charge in [0, 0.05) is 23.5 Å². The van der Waals surface area contributed by atoms with Gasteiger partial charge in [-0.25, -0.2) is 0 Å². The Bertz CT molecular complexity index is 591. The minimum Gasteiger partial charge on any atom is -0.507 e. The van der Waals surface area contributed by atoms with Crippen molar-refractivity contribution in [2.24, 2.45) is 0 Å². The molecule has 0 radical (unpaired) electrons. The second-order valence-electron chi connectivity index (χ2n) is 4.68. The van der Waals surface area contributed by atoms with E-state index in [9.17, 15) is 5.11 Å². The first-order valence-electron chi connectivity index (χ1n) is 5.55. The van der Waals surface area contributed by atoms with Gasteiger partial charge in [0.2, 0.25) is 0 Å². The molecule has 86 valence electrons. The maximum atomic E-state index is 9.97. The van der Waals surface area contributed by atoms with Gasteiger partial charge < -0.3 is 9.84 Å². The summed E-state index contributed by atoms with van der Waals surface area (Å²) in [6, 6.07) is 7.25. The molecule has 1 aliphatic heterocycles. The Balaban J connectivity index is 2.37. The number of rotatable bonds is 0. The molecule has 1 aromatic carbocycles. The third-order valence-electron chi connectivity index (χ3n) is 3.11. The quantitative estimate of drug-likeness (QED) is 0.752. The minimum atomic E-state index is -0.404. The van der Waals surface area contributed by atoms with Crippen molar-refractivity contribution in [2.75, 3.05) is 0 Å². The van der Waals surface area contributed by atoms with Crippen molar-refractivity contribution in [3.8, 4) is 22.6 Å². The molecule has 1 N–H and O–H groups in total. The molecule has 3 heteroatoms. The summed E-state index contributed by atoms with van der Waals surface area (Å²) in [5.74, 6) is 0.933. The number of ether oxygens (including phenoxy) is 1. The molecule has 1 aliphatic rings. The number of nitrogens with zero attached hydrogens (tertiary/aromatic N) is 1. The number of aromatic nitrogens is 1. The summed E-state index contributed by atoms with van der Waals surface area (Å²) in [6.07, 6.45) is 3.52. The van der Waals surface area contributed by atoms with Crippen LogP contribution in [0, 0.1) is 0 Å².